The Hall–Kier alpha value is -9.39. The minimum atomic E-state index is 0.537. The van der Waals surface area contributed by atoms with Crippen LogP contribution in [0.3, 0.4) is 0 Å². The van der Waals surface area contributed by atoms with Crippen molar-refractivity contribution in [2.45, 2.75) is 0 Å². The van der Waals surface area contributed by atoms with Gasteiger partial charge in [0.25, 0.3) is 0 Å². The van der Waals surface area contributed by atoms with Gasteiger partial charge in [-0.25, -0.2) is 15.0 Å². The van der Waals surface area contributed by atoms with Gasteiger partial charge in [-0.1, -0.05) is 182 Å². The highest BCUT2D eigenvalue weighted by atomic mass is 16.3. The average molecular weight is 883 g/mol. The van der Waals surface area contributed by atoms with Gasteiger partial charge < -0.3 is 13.4 Å². The number of hydrogen-bond acceptors (Lipinski definition) is 5. The predicted octanol–water partition coefficient (Wildman–Crippen LogP) is 16.8. The normalized spacial score (nSPS) is 11.8. The summed E-state index contributed by atoms with van der Waals surface area (Å²) < 4.78 is 16.2. The predicted molar refractivity (Wildman–Crippen MR) is 281 cm³/mol. The van der Waals surface area contributed by atoms with E-state index in [1.807, 2.05) is 48.5 Å². The summed E-state index contributed by atoms with van der Waals surface area (Å²) in [6, 6.07) is 80.3. The van der Waals surface area contributed by atoms with E-state index >= 15 is 0 Å². The van der Waals surface area contributed by atoms with E-state index in [4.69, 9.17) is 23.8 Å². The third-order valence-corrected chi connectivity index (χ3v) is 13.5. The van der Waals surface area contributed by atoms with Gasteiger partial charge in [-0.2, -0.15) is 0 Å². The molecule has 0 saturated heterocycles. The maximum absolute atomic E-state index is 7.07. The molecule has 0 aliphatic rings. The third-order valence-electron chi connectivity index (χ3n) is 13.5. The van der Waals surface area contributed by atoms with Gasteiger partial charge in [-0.3, -0.25) is 0 Å². The average Bonchev–Trinajstić information content (AvgIpc) is 4.11. The summed E-state index contributed by atoms with van der Waals surface area (Å²) >= 11 is 0. The molecule has 0 aliphatic heterocycles. The van der Waals surface area contributed by atoms with Gasteiger partial charge >= 0.3 is 0 Å². The first-order valence-corrected chi connectivity index (χ1v) is 23.2. The zero-order valence-electron chi connectivity index (χ0n) is 37.0. The number of rotatable bonds is 7. The second-order valence-electron chi connectivity index (χ2n) is 17.5. The second-order valence-corrected chi connectivity index (χ2v) is 17.5. The number of aromatic nitrogens is 4. The van der Waals surface area contributed by atoms with Crippen LogP contribution in [0.1, 0.15) is 0 Å². The van der Waals surface area contributed by atoms with E-state index < -0.39 is 0 Å². The van der Waals surface area contributed by atoms with E-state index in [0.717, 1.165) is 99.5 Å². The lowest BCUT2D eigenvalue weighted by atomic mass is 9.95. The van der Waals surface area contributed by atoms with Crippen LogP contribution < -0.4 is 0 Å². The molecule has 0 amide bonds. The molecule has 0 bridgehead atoms. The molecule has 0 unspecified atom stereocenters. The topological polar surface area (TPSA) is 69.9 Å². The van der Waals surface area contributed by atoms with E-state index in [2.05, 4.69) is 187 Å². The number of nitrogens with zero attached hydrogens (tertiary/aromatic N) is 4. The summed E-state index contributed by atoms with van der Waals surface area (Å²) in [5.41, 5.74) is 15.6. The summed E-state index contributed by atoms with van der Waals surface area (Å²) in [4.78, 5) is 15.5. The van der Waals surface area contributed by atoms with Crippen LogP contribution in [-0.2, 0) is 0 Å². The van der Waals surface area contributed by atoms with E-state index in [0.29, 0.717) is 17.5 Å². The third kappa shape index (κ3) is 6.38. The van der Waals surface area contributed by atoms with Crippen molar-refractivity contribution in [3.8, 4) is 73.2 Å². The maximum atomic E-state index is 7.07. The molecule has 4 heterocycles. The van der Waals surface area contributed by atoms with Crippen molar-refractivity contribution < 1.29 is 8.83 Å². The minimum absolute atomic E-state index is 0.537. The van der Waals surface area contributed by atoms with Crippen molar-refractivity contribution in [2.75, 3.05) is 0 Å². The fourth-order valence-corrected chi connectivity index (χ4v) is 10.3. The molecule has 14 aromatic rings. The molecule has 0 radical (unpaired) electrons. The van der Waals surface area contributed by atoms with Crippen LogP contribution in [-0.4, -0.2) is 19.5 Å². The highest BCUT2D eigenvalue weighted by Gasteiger charge is 2.24. The number of furan rings is 2. The second kappa shape index (κ2) is 15.6. The number of para-hydroxylation sites is 3. The Balaban J connectivity index is 0.978. The van der Waals surface area contributed by atoms with E-state index in [-0.39, 0.29) is 0 Å². The van der Waals surface area contributed by atoms with Gasteiger partial charge in [0, 0.05) is 49.2 Å². The molecule has 0 aliphatic carbocycles. The van der Waals surface area contributed by atoms with E-state index in [1.54, 1.807) is 0 Å². The maximum Gasteiger partial charge on any atom is 0.164 e. The Bertz CT molecular complexity index is 4290. The zero-order chi connectivity index (χ0) is 45.4. The first kappa shape index (κ1) is 38.8. The van der Waals surface area contributed by atoms with Crippen LogP contribution in [0.15, 0.2) is 239 Å². The lowest BCUT2D eigenvalue weighted by Crippen LogP contribution is -2.00. The van der Waals surface area contributed by atoms with Crippen LogP contribution in [0.4, 0.5) is 0 Å². The zero-order valence-corrected chi connectivity index (χ0v) is 37.0. The monoisotopic (exact) mass is 882 g/mol. The van der Waals surface area contributed by atoms with Crippen LogP contribution in [0, 0.1) is 0 Å². The molecular formula is C63H38N4O2. The molecule has 0 spiro atoms. The molecule has 0 fully saturated rings. The van der Waals surface area contributed by atoms with Crippen molar-refractivity contribution >= 4 is 65.7 Å². The minimum Gasteiger partial charge on any atom is -0.456 e. The van der Waals surface area contributed by atoms with Crippen molar-refractivity contribution in [3.05, 3.63) is 231 Å². The summed E-state index contributed by atoms with van der Waals surface area (Å²) in [6.07, 6.45) is 0. The standard InChI is InChI=1S/C63H38N4O2/c1-4-16-39(17-5-1)41-30-32-43(33-31-41)62-64-61(42-20-8-3-9-21-42)65-63(66-62)45-37-51(58-48-23-11-13-28-55(48)68-57(58)38-45)47-24-14-25-49-59-54(27-15-29-56(59)69-60(47)49)67-52-26-12-10-22-46(52)50-36-44(34-35-53(50)67)40-18-6-2-7-19-40/h1-38H. The van der Waals surface area contributed by atoms with Crippen LogP contribution >= 0.6 is 0 Å². The lowest BCUT2D eigenvalue weighted by molar-refractivity contribution is 0.668. The Labute approximate surface area is 396 Å². The fourth-order valence-electron chi connectivity index (χ4n) is 10.3. The van der Waals surface area contributed by atoms with Crippen LogP contribution in [0.25, 0.3) is 139 Å². The first-order chi connectivity index (χ1) is 34.2. The molecule has 0 atom stereocenters. The lowest BCUT2D eigenvalue weighted by Gasteiger charge is -2.12. The van der Waals surface area contributed by atoms with Crippen LogP contribution in [0.5, 0.6) is 0 Å². The van der Waals surface area contributed by atoms with Crippen molar-refractivity contribution in [1.29, 1.82) is 0 Å². The SMILES string of the molecule is c1ccc(-c2ccc(-c3nc(-c4ccccc4)nc(-c4cc(-c5cccc6c5oc5cccc(-n7c8ccccc8c8cc(-c9ccccc9)ccc87)c56)c5c(c4)oc4ccccc45)n3)cc2)cc1. The molecule has 10 aromatic carbocycles. The number of fused-ring (bicyclic) bond motifs is 9. The summed E-state index contributed by atoms with van der Waals surface area (Å²) in [5.74, 6) is 1.70. The number of hydrogen-bond donors (Lipinski definition) is 0. The summed E-state index contributed by atoms with van der Waals surface area (Å²) in [6.45, 7) is 0. The molecule has 0 N–H and O–H groups in total. The van der Waals surface area contributed by atoms with E-state index in [1.165, 1.54) is 21.9 Å². The van der Waals surface area contributed by atoms with Gasteiger partial charge in [0.2, 0.25) is 0 Å². The Morgan fingerprint density at radius 3 is 1.58 bits per heavy atom. The first-order valence-electron chi connectivity index (χ1n) is 23.2. The van der Waals surface area contributed by atoms with Gasteiger partial charge in [-0.05, 0) is 76.3 Å². The Kier molecular flexibility index (Phi) is 8.79. The smallest absolute Gasteiger partial charge is 0.164 e. The molecule has 6 heteroatoms. The van der Waals surface area contributed by atoms with Crippen molar-refractivity contribution in [3.63, 3.8) is 0 Å². The highest BCUT2D eigenvalue weighted by molar-refractivity contribution is 6.20. The molecular weight excluding hydrogens is 845 g/mol. The molecule has 69 heavy (non-hydrogen) atoms. The van der Waals surface area contributed by atoms with Gasteiger partial charge in [0.05, 0.1) is 22.1 Å². The van der Waals surface area contributed by atoms with Gasteiger partial charge in [0.1, 0.15) is 22.3 Å². The fraction of sp³-hybridized carbons (Fsp3) is 0. The number of benzene rings is 10. The largest absolute Gasteiger partial charge is 0.456 e. The summed E-state index contributed by atoms with van der Waals surface area (Å²) in [5, 5.41) is 6.47. The summed E-state index contributed by atoms with van der Waals surface area (Å²) in [7, 11) is 0. The molecule has 14 rings (SSSR count). The quantitative estimate of drug-likeness (QED) is 0.159. The molecule has 0 saturated carbocycles. The molecule has 322 valence electrons. The van der Waals surface area contributed by atoms with E-state index in [9.17, 15) is 0 Å². The molecule has 4 aromatic heterocycles. The van der Waals surface area contributed by atoms with Crippen molar-refractivity contribution in [2.24, 2.45) is 0 Å². The highest BCUT2D eigenvalue weighted by Crippen LogP contribution is 2.46. The van der Waals surface area contributed by atoms with Gasteiger partial charge in [0.15, 0.2) is 17.5 Å². The Morgan fingerprint density at radius 1 is 0.290 bits per heavy atom. The van der Waals surface area contributed by atoms with Gasteiger partial charge in [-0.15, -0.1) is 0 Å². The van der Waals surface area contributed by atoms with Crippen LogP contribution in [0.2, 0.25) is 0 Å². The Morgan fingerprint density at radius 2 is 0.826 bits per heavy atom. The molecule has 6 nitrogen and oxygen atoms in total. The van der Waals surface area contributed by atoms with Crippen molar-refractivity contribution in [1.82, 2.24) is 19.5 Å².